The van der Waals surface area contributed by atoms with Crippen molar-refractivity contribution >= 4 is 5.91 Å². The molecule has 1 aliphatic rings. The zero-order valence-electron chi connectivity index (χ0n) is 12.7. The molecule has 110 valence electrons. The number of aryl methyl sites for hydroxylation is 1. The van der Waals surface area contributed by atoms with E-state index in [4.69, 9.17) is 5.73 Å². The molecule has 1 aromatic carbocycles. The fourth-order valence-corrected chi connectivity index (χ4v) is 2.70. The number of carbonyl (C=O) groups excluding carboxylic acids is 1. The Morgan fingerprint density at radius 1 is 1.35 bits per heavy atom. The first kappa shape index (κ1) is 15.0. The largest absolute Gasteiger partial charge is 0.338 e. The molecule has 4 nitrogen and oxygen atoms in total. The van der Waals surface area contributed by atoms with E-state index in [1.807, 2.05) is 36.1 Å². The zero-order chi connectivity index (χ0) is 14.7. The lowest BCUT2D eigenvalue weighted by molar-refractivity contribution is -0.135. The number of hydrogen-bond donors (Lipinski definition) is 1. The minimum atomic E-state index is -0.545. The molecule has 1 amide bonds. The Kier molecular flexibility index (Phi) is 4.78. The summed E-state index contributed by atoms with van der Waals surface area (Å²) in [5.74, 6) is 0.0420. The van der Waals surface area contributed by atoms with Crippen molar-refractivity contribution < 1.29 is 4.79 Å². The lowest BCUT2D eigenvalue weighted by Gasteiger charge is -2.40. The van der Waals surface area contributed by atoms with Crippen LogP contribution in [0.1, 0.15) is 30.5 Å². The molecule has 1 fully saturated rings. The molecule has 2 rings (SSSR count). The van der Waals surface area contributed by atoms with Gasteiger partial charge in [-0.25, -0.2) is 0 Å². The van der Waals surface area contributed by atoms with Crippen molar-refractivity contribution in [3.8, 4) is 0 Å². The fourth-order valence-electron chi connectivity index (χ4n) is 2.70. The fraction of sp³-hybridized carbons (Fsp3) is 0.562. The van der Waals surface area contributed by atoms with Crippen LogP contribution in [0.2, 0.25) is 0 Å². The van der Waals surface area contributed by atoms with E-state index >= 15 is 0 Å². The van der Waals surface area contributed by atoms with Crippen LogP contribution in [0.4, 0.5) is 0 Å². The number of likely N-dealkylation sites (N-methyl/N-ethyl adjacent to an activating group) is 1. The molecule has 0 saturated carbocycles. The minimum Gasteiger partial charge on any atom is -0.338 e. The third-order valence-corrected chi connectivity index (χ3v) is 4.26. The molecule has 0 radical (unpaired) electrons. The van der Waals surface area contributed by atoms with Gasteiger partial charge in [0.15, 0.2) is 0 Å². The summed E-state index contributed by atoms with van der Waals surface area (Å²) in [5.41, 5.74) is 8.21. The van der Waals surface area contributed by atoms with E-state index in [1.54, 1.807) is 0 Å². The van der Waals surface area contributed by atoms with Gasteiger partial charge in [0.1, 0.15) is 6.04 Å². The van der Waals surface area contributed by atoms with E-state index in [0.29, 0.717) is 6.04 Å². The van der Waals surface area contributed by atoms with E-state index in [0.717, 1.165) is 31.6 Å². The molecule has 2 N–H and O–H groups in total. The highest BCUT2D eigenvalue weighted by Gasteiger charge is 2.29. The van der Waals surface area contributed by atoms with Gasteiger partial charge in [0, 0.05) is 25.7 Å². The van der Waals surface area contributed by atoms with E-state index in [1.165, 1.54) is 5.56 Å². The number of benzene rings is 1. The monoisotopic (exact) mass is 275 g/mol. The Balaban J connectivity index is 2.05. The molecule has 0 aliphatic carbocycles. The van der Waals surface area contributed by atoms with Gasteiger partial charge in [0.2, 0.25) is 5.91 Å². The highest BCUT2D eigenvalue weighted by Crippen LogP contribution is 2.18. The van der Waals surface area contributed by atoms with Crippen LogP contribution >= 0.6 is 0 Å². The van der Waals surface area contributed by atoms with Crippen molar-refractivity contribution in [1.29, 1.82) is 0 Å². The van der Waals surface area contributed by atoms with E-state index in [9.17, 15) is 4.79 Å². The first-order valence-corrected chi connectivity index (χ1v) is 7.34. The maximum atomic E-state index is 12.5. The standard InChI is InChI=1S/C16H25N3O/c1-4-14-11-19(10-9-18(14)3)16(20)15(17)13-7-5-12(2)6-8-13/h5-8,14-15H,4,9-11,17H2,1-3H3. The van der Waals surface area contributed by atoms with E-state index in [2.05, 4.69) is 18.9 Å². The minimum absolute atomic E-state index is 0.0420. The van der Waals surface area contributed by atoms with Gasteiger partial charge in [-0.3, -0.25) is 9.69 Å². The maximum absolute atomic E-state index is 12.5. The molecule has 1 aromatic rings. The van der Waals surface area contributed by atoms with Gasteiger partial charge in [-0.2, -0.15) is 0 Å². The van der Waals surface area contributed by atoms with Crippen LogP contribution in [0.5, 0.6) is 0 Å². The summed E-state index contributed by atoms with van der Waals surface area (Å²) >= 11 is 0. The predicted molar refractivity (Wildman–Crippen MR) is 81.4 cm³/mol. The number of rotatable bonds is 3. The Morgan fingerprint density at radius 2 is 2.00 bits per heavy atom. The Labute approximate surface area is 121 Å². The van der Waals surface area contributed by atoms with Crippen LogP contribution in [0.3, 0.4) is 0 Å². The molecular formula is C16H25N3O. The average Bonchev–Trinajstić information content (AvgIpc) is 2.47. The van der Waals surface area contributed by atoms with Crippen molar-refractivity contribution in [1.82, 2.24) is 9.80 Å². The van der Waals surface area contributed by atoms with E-state index < -0.39 is 6.04 Å². The first-order valence-electron chi connectivity index (χ1n) is 7.34. The number of carbonyl (C=O) groups is 1. The maximum Gasteiger partial charge on any atom is 0.244 e. The number of amides is 1. The molecule has 0 spiro atoms. The van der Waals surface area contributed by atoms with Crippen LogP contribution in [-0.2, 0) is 4.79 Å². The van der Waals surface area contributed by atoms with Crippen LogP contribution in [-0.4, -0.2) is 48.4 Å². The molecule has 4 heteroatoms. The molecule has 0 bridgehead atoms. The molecule has 2 atom stereocenters. The molecule has 1 heterocycles. The van der Waals surface area contributed by atoms with Gasteiger partial charge in [-0.05, 0) is 26.0 Å². The van der Waals surface area contributed by atoms with E-state index in [-0.39, 0.29) is 5.91 Å². The molecule has 0 aromatic heterocycles. The SMILES string of the molecule is CCC1CN(C(=O)C(N)c2ccc(C)cc2)CCN1C. The normalized spacial score (nSPS) is 21.8. The Morgan fingerprint density at radius 3 is 2.60 bits per heavy atom. The summed E-state index contributed by atoms with van der Waals surface area (Å²) < 4.78 is 0. The third-order valence-electron chi connectivity index (χ3n) is 4.26. The van der Waals surface area contributed by atoms with Gasteiger partial charge in [0.05, 0.1) is 0 Å². The van der Waals surface area contributed by atoms with Crippen LogP contribution in [0.15, 0.2) is 24.3 Å². The van der Waals surface area contributed by atoms with Crippen molar-refractivity contribution in [3.63, 3.8) is 0 Å². The summed E-state index contributed by atoms with van der Waals surface area (Å²) in [5, 5.41) is 0. The van der Waals surface area contributed by atoms with Crippen LogP contribution < -0.4 is 5.73 Å². The number of nitrogens with zero attached hydrogens (tertiary/aromatic N) is 2. The summed E-state index contributed by atoms with van der Waals surface area (Å²) in [7, 11) is 2.12. The van der Waals surface area contributed by atoms with Crippen LogP contribution in [0, 0.1) is 6.92 Å². The summed E-state index contributed by atoms with van der Waals surface area (Å²) in [6.45, 7) is 6.67. The van der Waals surface area contributed by atoms with Crippen molar-refractivity contribution in [2.45, 2.75) is 32.4 Å². The molecule has 1 saturated heterocycles. The highest BCUT2D eigenvalue weighted by atomic mass is 16.2. The topological polar surface area (TPSA) is 49.6 Å². The molecule has 2 unspecified atom stereocenters. The molecule has 20 heavy (non-hydrogen) atoms. The van der Waals surface area contributed by atoms with Gasteiger partial charge >= 0.3 is 0 Å². The summed E-state index contributed by atoms with van der Waals surface area (Å²) in [4.78, 5) is 16.8. The number of piperazine rings is 1. The third kappa shape index (κ3) is 3.19. The quantitative estimate of drug-likeness (QED) is 0.910. The second-order valence-corrected chi connectivity index (χ2v) is 5.72. The molecular weight excluding hydrogens is 250 g/mol. The summed E-state index contributed by atoms with van der Waals surface area (Å²) in [6.07, 6.45) is 1.06. The van der Waals surface area contributed by atoms with Gasteiger partial charge < -0.3 is 10.6 Å². The van der Waals surface area contributed by atoms with Gasteiger partial charge in [-0.15, -0.1) is 0 Å². The van der Waals surface area contributed by atoms with Crippen molar-refractivity contribution in [3.05, 3.63) is 35.4 Å². The highest BCUT2D eigenvalue weighted by molar-refractivity contribution is 5.83. The smallest absolute Gasteiger partial charge is 0.244 e. The van der Waals surface area contributed by atoms with Crippen LogP contribution in [0.25, 0.3) is 0 Å². The lowest BCUT2D eigenvalue weighted by Crippen LogP contribution is -2.54. The Hall–Kier alpha value is -1.39. The predicted octanol–water partition coefficient (Wildman–Crippen LogP) is 1.55. The Bertz CT molecular complexity index is 457. The lowest BCUT2D eigenvalue weighted by atomic mass is 10.0. The summed E-state index contributed by atoms with van der Waals surface area (Å²) in [6, 6.07) is 7.80. The second-order valence-electron chi connectivity index (χ2n) is 5.72. The average molecular weight is 275 g/mol. The second kappa shape index (κ2) is 6.37. The zero-order valence-corrected chi connectivity index (χ0v) is 12.7. The van der Waals surface area contributed by atoms with Crippen molar-refractivity contribution in [2.75, 3.05) is 26.7 Å². The number of hydrogen-bond acceptors (Lipinski definition) is 3. The van der Waals surface area contributed by atoms with Gasteiger partial charge in [-0.1, -0.05) is 36.8 Å². The molecule has 1 aliphatic heterocycles. The number of nitrogens with two attached hydrogens (primary N) is 1. The van der Waals surface area contributed by atoms with Gasteiger partial charge in [0.25, 0.3) is 0 Å². The first-order chi connectivity index (χ1) is 9.52. The van der Waals surface area contributed by atoms with Crippen molar-refractivity contribution in [2.24, 2.45) is 5.73 Å².